The summed E-state index contributed by atoms with van der Waals surface area (Å²) < 4.78 is 0. The smallest absolute Gasteiger partial charge is 0 e. The van der Waals surface area contributed by atoms with Gasteiger partial charge in [-0.05, 0) is 0 Å². The Morgan fingerprint density at radius 2 is 0.800 bits per heavy atom. The Kier molecular flexibility index (Phi) is 223. The van der Waals surface area contributed by atoms with Crippen molar-refractivity contribution in [3.8, 4) is 0 Å². The molecule has 5 heavy (non-hydrogen) atoms. The summed E-state index contributed by atoms with van der Waals surface area (Å²) >= 11 is 0. The van der Waals surface area contributed by atoms with Crippen LogP contribution < -0.4 is 0 Å². The molecule has 2 radical (unpaired) electrons. The first-order valence-electron chi connectivity index (χ1n) is 0. The summed E-state index contributed by atoms with van der Waals surface area (Å²) in [4.78, 5) is 0. The largest absolute Gasteiger partial charge is 0.187 e. The van der Waals surface area contributed by atoms with Gasteiger partial charge in [0, 0.05) is 83.0 Å². The fraction of sp³-hybridized carbons (Fsp3) is 0. The van der Waals surface area contributed by atoms with E-state index in [0.29, 0.717) is 0 Å². The molecule has 0 rings (SSSR count). The Morgan fingerprint density at radius 3 is 0.800 bits per heavy atom. The zero-order valence-electron chi connectivity index (χ0n) is 1.42. The van der Waals surface area contributed by atoms with Gasteiger partial charge in [-0.15, -0.1) is 0 Å². The average Bonchev–Trinajstić information content (AvgIpc) is 0. The Hall–Kier alpha value is 3.22. The van der Waals surface area contributed by atoms with E-state index in [-0.39, 0.29) is 100 Å². The maximum absolute atomic E-state index is 0. The molecule has 0 amide bonds. The van der Waals surface area contributed by atoms with E-state index in [2.05, 4.69) is 0 Å². The summed E-state index contributed by atoms with van der Waals surface area (Å²) in [5.74, 6) is 0. The molecule has 0 spiro atoms. The molecular weight excluding hydrogens is 349 g/mol. The molecule has 0 N–H and O–H groups in total. The van der Waals surface area contributed by atoms with E-state index in [0.717, 1.165) is 0 Å². The standard InChI is InChI=1S/2Ag.Al.Ni.Ti.3H. The van der Waals surface area contributed by atoms with Gasteiger partial charge in [0.2, 0.25) is 0 Å². The van der Waals surface area contributed by atoms with Gasteiger partial charge in [0.1, 0.15) is 0 Å². The van der Waals surface area contributed by atoms with Crippen molar-refractivity contribution in [1.29, 1.82) is 0 Å². The summed E-state index contributed by atoms with van der Waals surface area (Å²) in [5, 5.41) is 0. The third-order valence-electron chi connectivity index (χ3n) is 0. The number of hydrogen-bond donors (Lipinski definition) is 0. The molecule has 0 saturated carbocycles. The van der Waals surface area contributed by atoms with Crippen molar-refractivity contribution in [1.82, 2.24) is 0 Å². The molecule has 0 aromatic heterocycles. The monoisotopic (exact) mass is 350 g/mol. The summed E-state index contributed by atoms with van der Waals surface area (Å²) in [6, 6.07) is 0. The molecule has 0 saturated heterocycles. The first-order valence-corrected chi connectivity index (χ1v) is 0. The van der Waals surface area contributed by atoms with Gasteiger partial charge in [-0.25, -0.2) is 0 Å². The van der Waals surface area contributed by atoms with Gasteiger partial charge in [0.05, 0.1) is 0 Å². The van der Waals surface area contributed by atoms with Gasteiger partial charge >= 0.3 is 0 Å². The van der Waals surface area contributed by atoms with E-state index in [4.69, 9.17) is 0 Å². The minimum Gasteiger partial charge on any atom is 0 e. The Bertz CT molecular complexity index is 9.61. The van der Waals surface area contributed by atoms with E-state index in [1.807, 2.05) is 0 Å². The van der Waals surface area contributed by atoms with Crippen molar-refractivity contribution in [2.45, 2.75) is 0 Å². The molecule has 0 aliphatic carbocycles. The molecule has 0 nitrogen and oxygen atoms in total. The van der Waals surface area contributed by atoms with Crippen LogP contribution in [0.15, 0.2) is 0 Å². The van der Waals surface area contributed by atoms with Gasteiger partial charge in [-0.2, -0.15) is 0 Å². The van der Waals surface area contributed by atoms with Gasteiger partial charge < -0.3 is 0 Å². The van der Waals surface area contributed by atoms with Gasteiger partial charge in [0.15, 0.2) is 17.4 Å². The van der Waals surface area contributed by atoms with E-state index in [1.165, 1.54) is 0 Å². The van der Waals surface area contributed by atoms with Crippen molar-refractivity contribution in [2.24, 2.45) is 0 Å². The fourth-order valence-corrected chi connectivity index (χ4v) is 0. The van der Waals surface area contributed by atoms with Crippen molar-refractivity contribution >= 4 is 17.4 Å². The fourth-order valence-electron chi connectivity index (χ4n) is 0. The van der Waals surface area contributed by atoms with Crippen LogP contribution in [-0.2, 0) is 83.0 Å². The van der Waals surface area contributed by atoms with Crippen molar-refractivity contribution in [3.05, 3.63) is 0 Å². The SMILES string of the molecule is [Ag].[Ag].[AlH3].[Ni].[Ti]. The number of rotatable bonds is 0. The van der Waals surface area contributed by atoms with Gasteiger partial charge in [-0.1, -0.05) is 0 Å². The predicted octanol–water partition coefficient (Wildman–Crippen LogP) is -1.19. The molecule has 5 heteroatoms. The van der Waals surface area contributed by atoms with Crippen LogP contribution in [0.25, 0.3) is 0 Å². The molecule has 0 atom stereocenters. The maximum atomic E-state index is 0. The van der Waals surface area contributed by atoms with Crippen LogP contribution in [0.4, 0.5) is 0 Å². The van der Waals surface area contributed by atoms with Crippen LogP contribution in [0.3, 0.4) is 0 Å². The topological polar surface area (TPSA) is 0 Å². The van der Waals surface area contributed by atoms with E-state index >= 15 is 0 Å². The summed E-state index contributed by atoms with van der Waals surface area (Å²) in [6.45, 7) is 0. The summed E-state index contributed by atoms with van der Waals surface area (Å²) in [6.07, 6.45) is 0. The molecule has 0 aromatic rings. The van der Waals surface area contributed by atoms with Crippen molar-refractivity contribution in [3.63, 3.8) is 0 Å². The molecule has 0 fully saturated rings. The first kappa shape index (κ1) is 41.3. The van der Waals surface area contributed by atoms with E-state index < -0.39 is 0 Å². The predicted molar refractivity (Wildman–Crippen MR) is 9.94 cm³/mol. The van der Waals surface area contributed by atoms with Gasteiger partial charge in [-0.3, -0.25) is 0 Å². The minimum atomic E-state index is 0. The zero-order chi connectivity index (χ0) is 0. The summed E-state index contributed by atoms with van der Waals surface area (Å²) in [5.41, 5.74) is 0. The van der Waals surface area contributed by atoms with Crippen molar-refractivity contribution in [2.75, 3.05) is 0 Å². The Balaban J connectivity index is 0. The van der Waals surface area contributed by atoms with Gasteiger partial charge in [0.25, 0.3) is 0 Å². The Morgan fingerprint density at radius 1 is 0.800 bits per heavy atom. The minimum absolute atomic E-state index is 0. The van der Waals surface area contributed by atoms with Crippen LogP contribution in [0, 0.1) is 0 Å². The zero-order valence-corrected chi connectivity index (χ0v) is 6.93. The second-order valence-corrected chi connectivity index (χ2v) is 0. The van der Waals surface area contributed by atoms with E-state index in [1.54, 1.807) is 0 Å². The second kappa shape index (κ2) is 26.9. The third kappa shape index (κ3) is 19.0. The normalized spacial score (nSPS) is 0. The number of hydrogen-bond acceptors (Lipinski definition) is 0. The molecular formula is H3Ag2AlNiTi. The van der Waals surface area contributed by atoms with E-state index in [9.17, 15) is 0 Å². The molecule has 0 heterocycles. The third-order valence-corrected chi connectivity index (χ3v) is 0. The molecule has 0 unspecified atom stereocenters. The van der Waals surface area contributed by atoms with Crippen LogP contribution >= 0.6 is 0 Å². The van der Waals surface area contributed by atoms with Crippen molar-refractivity contribution < 1.29 is 83.0 Å². The quantitative estimate of drug-likeness (QED) is 0.481. The summed E-state index contributed by atoms with van der Waals surface area (Å²) in [7, 11) is 0. The Labute approximate surface area is 98.6 Å². The first-order chi connectivity index (χ1) is 0. The molecule has 0 aliphatic heterocycles. The molecule has 42 valence electrons. The second-order valence-electron chi connectivity index (χ2n) is 0. The van der Waals surface area contributed by atoms with Crippen LogP contribution in [0.1, 0.15) is 0 Å². The average molecular weight is 352 g/mol. The van der Waals surface area contributed by atoms with Crippen LogP contribution in [-0.4, -0.2) is 17.4 Å². The van der Waals surface area contributed by atoms with Crippen LogP contribution in [0.5, 0.6) is 0 Å². The molecule has 0 aromatic carbocycles. The molecule has 0 aliphatic rings. The maximum Gasteiger partial charge on any atom is 0.187 e. The van der Waals surface area contributed by atoms with Crippen LogP contribution in [0.2, 0.25) is 0 Å². The molecule has 0 bridgehead atoms.